The fourth-order valence-corrected chi connectivity index (χ4v) is 5.75. The first-order chi connectivity index (χ1) is 8.53. The van der Waals surface area contributed by atoms with Crippen LogP contribution in [0.5, 0.6) is 0 Å². The van der Waals surface area contributed by atoms with Crippen molar-refractivity contribution in [3.05, 3.63) is 12.2 Å². The average molecular weight is 248 g/mol. The van der Waals surface area contributed by atoms with Gasteiger partial charge in [0.15, 0.2) is 0 Å². The predicted molar refractivity (Wildman–Crippen MR) is 65.6 cm³/mol. The van der Waals surface area contributed by atoms with Crippen LogP contribution in [-0.4, -0.2) is 23.3 Å². The maximum Gasteiger partial charge on any atom is 0.333 e. The molecule has 2 bridgehead atoms. The molecule has 0 aromatic heterocycles. The summed E-state index contributed by atoms with van der Waals surface area (Å²) in [6, 6.07) is 0. The Morgan fingerprint density at radius 2 is 2.00 bits per heavy atom. The van der Waals surface area contributed by atoms with Crippen LogP contribution in [-0.2, 0) is 9.53 Å². The van der Waals surface area contributed by atoms with E-state index in [1.807, 2.05) is 0 Å². The molecule has 4 aliphatic rings. The van der Waals surface area contributed by atoms with Gasteiger partial charge in [-0.05, 0) is 55.8 Å². The van der Waals surface area contributed by atoms with Gasteiger partial charge in [0.2, 0.25) is 0 Å². The van der Waals surface area contributed by atoms with Gasteiger partial charge in [0.1, 0.15) is 6.10 Å². The molecule has 4 saturated carbocycles. The van der Waals surface area contributed by atoms with Crippen molar-refractivity contribution >= 4 is 5.97 Å². The molecule has 0 heterocycles. The Hall–Kier alpha value is -0.830. The summed E-state index contributed by atoms with van der Waals surface area (Å²) < 4.78 is 5.68. The van der Waals surface area contributed by atoms with Crippen LogP contribution in [0, 0.1) is 29.1 Å². The number of hydrogen-bond acceptors (Lipinski definition) is 3. The standard InChI is InChI=1S/C15H20O3/c1-7(2)14(17)18-13-9-4-12-10(13)6-15(12)5-8(16)3-11(9)15/h8-13,16H,1,3-6H2,2H3. The summed E-state index contributed by atoms with van der Waals surface area (Å²) in [4.78, 5) is 11.7. The SMILES string of the molecule is C=C(C)C(=O)OC1C2CC3C1CC31CC(O)CC21. The Labute approximate surface area is 107 Å². The van der Waals surface area contributed by atoms with Crippen LogP contribution in [0.2, 0.25) is 0 Å². The Balaban J connectivity index is 1.57. The van der Waals surface area contributed by atoms with Crippen LogP contribution in [0.15, 0.2) is 12.2 Å². The van der Waals surface area contributed by atoms with Gasteiger partial charge < -0.3 is 9.84 Å². The van der Waals surface area contributed by atoms with E-state index < -0.39 is 0 Å². The number of carbonyl (C=O) groups is 1. The Bertz CT molecular complexity index is 443. The van der Waals surface area contributed by atoms with Gasteiger partial charge in [0.25, 0.3) is 0 Å². The third kappa shape index (κ3) is 1.08. The zero-order valence-corrected chi connectivity index (χ0v) is 10.8. The van der Waals surface area contributed by atoms with E-state index in [1.54, 1.807) is 6.92 Å². The van der Waals surface area contributed by atoms with Crippen LogP contribution in [0.1, 0.15) is 32.6 Å². The quantitative estimate of drug-likeness (QED) is 0.599. The summed E-state index contributed by atoms with van der Waals surface area (Å²) in [6.45, 7) is 5.37. The minimum Gasteiger partial charge on any atom is -0.458 e. The number of hydrogen-bond donors (Lipinski definition) is 1. The van der Waals surface area contributed by atoms with E-state index in [0.29, 0.717) is 34.7 Å². The van der Waals surface area contributed by atoms with Crippen LogP contribution >= 0.6 is 0 Å². The van der Waals surface area contributed by atoms with Crippen molar-refractivity contribution in [1.82, 2.24) is 0 Å². The van der Waals surface area contributed by atoms with Gasteiger partial charge >= 0.3 is 5.97 Å². The molecule has 7 atom stereocenters. The lowest BCUT2D eigenvalue weighted by molar-refractivity contribution is -0.176. The smallest absolute Gasteiger partial charge is 0.333 e. The van der Waals surface area contributed by atoms with E-state index in [1.165, 1.54) is 12.8 Å². The number of esters is 1. The van der Waals surface area contributed by atoms with Gasteiger partial charge in [-0.15, -0.1) is 0 Å². The minimum absolute atomic E-state index is 0.108. The van der Waals surface area contributed by atoms with Crippen molar-refractivity contribution in [2.24, 2.45) is 29.1 Å². The highest BCUT2D eigenvalue weighted by Crippen LogP contribution is 2.78. The molecule has 4 rings (SSSR count). The van der Waals surface area contributed by atoms with Crippen molar-refractivity contribution < 1.29 is 14.6 Å². The second-order valence-corrected chi connectivity index (χ2v) is 6.96. The maximum atomic E-state index is 11.7. The first-order valence-corrected chi connectivity index (χ1v) is 7.07. The van der Waals surface area contributed by atoms with Crippen molar-refractivity contribution in [1.29, 1.82) is 0 Å². The van der Waals surface area contributed by atoms with Gasteiger partial charge in [-0.3, -0.25) is 0 Å². The summed E-state index contributed by atoms with van der Waals surface area (Å²) in [5, 5.41) is 9.92. The summed E-state index contributed by atoms with van der Waals surface area (Å²) in [7, 11) is 0. The lowest BCUT2D eigenvalue weighted by Crippen LogP contribution is -2.56. The number of rotatable bonds is 2. The highest BCUT2D eigenvalue weighted by Gasteiger charge is 2.76. The highest BCUT2D eigenvalue weighted by molar-refractivity contribution is 5.87. The number of carbonyl (C=O) groups excluding carboxylic acids is 1. The number of aliphatic hydroxyl groups excluding tert-OH is 1. The van der Waals surface area contributed by atoms with E-state index in [2.05, 4.69) is 6.58 Å². The Kier molecular flexibility index (Phi) is 1.95. The molecule has 98 valence electrons. The fourth-order valence-electron chi connectivity index (χ4n) is 5.75. The topological polar surface area (TPSA) is 46.5 Å². The third-order valence-electron chi connectivity index (χ3n) is 6.23. The second-order valence-electron chi connectivity index (χ2n) is 6.96. The van der Waals surface area contributed by atoms with Crippen LogP contribution < -0.4 is 0 Å². The fraction of sp³-hybridized carbons (Fsp3) is 0.800. The number of fused-ring (bicyclic) bond motifs is 2. The summed E-state index contributed by atoms with van der Waals surface area (Å²) in [5.41, 5.74) is 0.927. The number of ether oxygens (including phenoxy) is 1. The molecule has 1 spiro atoms. The molecule has 3 nitrogen and oxygen atoms in total. The summed E-state index contributed by atoms with van der Waals surface area (Å²) in [5.74, 6) is 2.16. The molecule has 0 aliphatic heterocycles. The summed E-state index contributed by atoms with van der Waals surface area (Å²) in [6.07, 6.45) is 4.30. The van der Waals surface area contributed by atoms with Crippen molar-refractivity contribution in [2.75, 3.05) is 0 Å². The molecule has 0 radical (unpaired) electrons. The van der Waals surface area contributed by atoms with Crippen molar-refractivity contribution in [2.45, 2.75) is 44.8 Å². The Morgan fingerprint density at radius 1 is 1.28 bits per heavy atom. The maximum absolute atomic E-state index is 11.7. The minimum atomic E-state index is -0.233. The zero-order chi connectivity index (χ0) is 12.7. The predicted octanol–water partition coefficient (Wildman–Crippen LogP) is 1.90. The van der Waals surface area contributed by atoms with E-state index in [-0.39, 0.29) is 18.2 Å². The molecule has 1 N–H and O–H groups in total. The monoisotopic (exact) mass is 248 g/mol. The van der Waals surface area contributed by atoms with Gasteiger partial charge in [0, 0.05) is 11.5 Å². The van der Waals surface area contributed by atoms with Crippen LogP contribution in [0.3, 0.4) is 0 Å². The molecule has 3 heteroatoms. The van der Waals surface area contributed by atoms with Gasteiger partial charge in [-0.2, -0.15) is 0 Å². The van der Waals surface area contributed by atoms with Crippen LogP contribution in [0.25, 0.3) is 0 Å². The molecule has 0 amide bonds. The lowest BCUT2D eigenvalue weighted by Gasteiger charge is -2.57. The van der Waals surface area contributed by atoms with Crippen molar-refractivity contribution in [3.8, 4) is 0 Å². The zero-order valence-electron chi connectivity index (χ0n) is 10.8. The van der Waals surface area contributed by atoms with E-state index in [0.717, 1.165) is 12.8 Å². The normalized spacial score (nSPS) is 55.0. The molecule has 7 unspecified atom stereocenters. The van der Waals surface area contributed by atoms with E-state index in [9.17, 15) is 9.90 Å². The molecule has 0 aromatic carbocycles. The lowest BCUT2D eigenvalue weighted by atomic mass is 9.49. The first-order valence-electron chi connectivity index (χ1n) is 7.07. The second kappa shape index (κ2) is 3.19. The van der Waals surface area contributed by atoms with Gasteiger partial charge in [-0.1, -0.05) is 6.58 Å². The third-order valence-corrected chi connectivity index (χ3v) is 6.23. The van der Waals surface area contributed by atoms with Gasteiger partial charge in [0.05, 0.1) is 6.10 Å². The molecular formula is C15H20O3. The number of aliphatic hydroxyl groups is 1. The molecule has 4 fully saturated rings. The van der Waals surface area contributed by atoms with Gasteiger partial charge in [-0.25, -0.2) is 4.79 Å². The molecular weight excluding hydrogens is 228 g/mol. The summed E-state index contributed by atoms with van der Waals surface area (Å²) >= 11 is 0. The molecule has 0 saturated heterocycles. The first kappa shape index (κ1) is 11.0. The highest BCUT2D eigenvalue weighted by atomic mass is 16.5. The van der Waals surface area contributed by atoms with Crippen molar-refractivity contribution in [3.63, 3.8) is 0 Å². The Morgan fingerprint density at radius 3 is 2.72 bits per heavy atom. The molecule has 0 aromatic rings. The molecule has 4 aliphatic carbocycles. The largest absolute Gasteiger partial charge is 0.458 e. The van der Waals surface area contributed by atoms with E-state index in [4.69, 9.17) is 4.74 Å². The molecule has 18 heavy (non-hydrogen) atoms. The average Bonchev–Trinajstić information content (AvgIpc) is 2.83. The van der Waals surface area contributed by atoms with E-state index >= 15 is 0 Å². The van der Waals surface area contributed by atoms with Crippen LogP contribution in [0.4, 0.5) is 0 Å².